The molecule has 1 aliphatic rings. The maximum atomic E-state index is 13.8. The van der Waals surface area contributed by atoms with Gasteiger partial charge in [-0.25, -0.2) is 13.2 Å². The average molecular weight is 288 g/mol. The molecule has 5 heteroatoms. The van der Waals surface area contributed by atoms with Gasteiger partial charge in [-0.1, -0.05) is 0 Å². The number of hydrogen-bond acceptors (Lipinski definition) is 2. The van der Waals surface area contributed by atoms with Gasteiger partial charge in [0.2, 0.25) is 0 Å². The molecule has 1 saturated heterocycles. The summed E-state index contributed by atoms with van der Waals surface area (Å²) in [5.74, 6) is -3.63. The first-order valence-electron chi connectivity index (χ1n) is 6.56. The fourth-order valence-corrected chi connectivity index (χ4v) is 3.13. The van der Waals surface area contributed by atoms with Gasteiger partial charge in [-0.3, -0.25) is 0 Å². The van der Waals surface area contributed by atoms with Crippen LogP contribution < -0.4 is 0 Å². The van der Waals surface area contributed by atoms with Crippen molar-refractivity contribution in [3.05, 3.63) is 35.1 Å². The minimum absolute atomic E-state index is 0.456. The summed E-state index contributed by atoms with van der Waals surface area (Å²) < 4.78 is 46.3. The lowest BCUT2D eigenvalue weighted by atomic mass is 9.80. The molecule has 1 fully saturated rings. The van der Waals surface area contributed by atoms with Crippen molar-refractivity contribution in [2.45, 2.75) is 51.4 Å². The van der Waals surface area contributed by atoms with E-state index in [2.05, 4.69) is 0 Å². The molecule has 2 unspecified atom stereocenters. The molecule has 1 N–H and O–H groups in total. The molecule has 2 rings (SSSR count). The van der Waals surface area contributed by atoms with Crippen LogP contribution in [0.5, 0.6) is 0 Å². The van der Waals surface area contributed by atoms with Gasteiger partial charge >= 0.3 is 0 Å². The van der Waals surface area contributed by atoms with E-state index in [4.69, 9.17) is 4.74 Å². The summed E-state index contributed by atoms with van der Waals surface area (Å²) in [6.45, 7) is 7.27. The van der Waals surface area contributed by atoms with Crippen LogP contribution in [0.25, 0.3) is 0 Å². The van der Waals surface area contributed by atoms with Crippen LogP contribution in [0.4, 0.5) is 13.2 Å². The van der Waals surface area contributed by atoms with E-state index in [1.165, 1.54) is 0 Å². The minimum atomic E-state index is -1.38. The van der Waals surface area contributed by atoms with Gasteiger partial charge in [0.05, 0.1) is 22.9 Å². The Hall–Kier alpha value is -1.07. The molecule has 1 aromatic rings. The van der Waals surface area contributed by atoms with Crippen molar-refractivity contribution < 1.29 is 23.0 Å². The largest absolute Gasteiger partial charge is 0.388 e. The van der Waals surface area contributed by atoms with Gasteiger partial charge in [0.25, 0.3) is 0 Å². The monoisotopic (exact) mass is 288 g/mol. The lowest BCUT2D eigenvalue weighted by Crippen LogP contribution is -2.33. The Morgan fingerprint density at radius 1 is 1.15 bits per heavy atom. The third-order valence-corrected chi connectivity index (χ3v) is 3.86. The van der Waals surface area contributed by atoms with E-state index in [0.29, 0.717) is 18.6 Å². The zero-order valence-electron chi connectivity index (χ0n) is 12.0. The summed E-state index contributed by atoms with van der Waals surface area (Å²) >= 11 is 0. The lowest BCUT2D eigenvalue weighted by Gasteiger charge is -2.30. The highest BCUT2D eigenvalue weighted by molar-refractivity contribution is 5.25. The third-order valence-electron chi connectivity index (χ3n) is 3.86. The lowest BCUT2D eigenvalue weighted by molar-refractivity contribution is -0.0885. The summed E-state index contributed by atoms with van der Waals surface area (Å²) in [6.07, 6.45) is -0.926. The average Bonchev–Trinajstić information content (AvgIpc) is 2.44. The molecule has 0 spiro atoms. The molecule has 0 bridgehead atoms. The zero-order valence-corrected chi connectivity index (χ0v) is 12.0. The minimum Gasteiger partial charge on any atom is -0.388 e. The first kappa shape index (κ1) is 15.3. The Morgan fingerprint density at radius 2 is 1.65 bits per heavy atom. The Morgan fingerprint density at radius 3 is 2.05 bits per heavy atom. The Bertz CT molecular complexity index is 503. The summed E-state index contributed by atoms with van der Waals surface area (Å²) in [7, 11) is 0. The highest BCUT2D eigenvalue weighted by Crippen LogP contribution is 2.48. The van der Waals surface area contributed by atoms with E-state index >= 15 is 0 Å². The quantitative estimate of drug-likeness (QED) is 0.898. The van der Waals surface area contributed by atoms with Gasteiger partial charge in [-0.15, -0.1) is 0 Å². The van der Waals surface area contributed by atoms with Gasteiger partial charge in [0, 0.05) is 18.1 Å². The molecule has 112 valence electrons. The van der Waals surface area contributed by atoms with Crippen molar-refractivity contribution in [2.75, 3.05) is 0 Å². The Kier molecular flexibility index (Phi) is 3.63. The molecule has 20 heavy (non-hydrogen) atoms. The number of halogens is 3. The van der Waals surface area contributed by atoms with Crippen molar-refractivity contribution in [1.29, 1.82) is 0 Å². The van der Waals surface area contributed by atoms with E-state index in [1.54, 1.807) is 13.8 Å². The summed E-state index contributed by atoms with van der Waals surface area (Å²) in [4.78, 5) is 0. The molecule has 0 saturated carbocycles. The molecule has 2 atom stereocenters. The van der Waals surface area contributed by atoms with Crippen LogP contribution in [0.15, 0.2) is 12.1 Å². The molecule has 1 aliphatic heterocycles. The van der Waals surface area contributed by atoms with Crippen LogP contribution in [0.3, 0.4) is 0 Å². The number of benzene rings is 1. The van der Waals surface area contributed by atoms with Crippen molar-refractivity contribution in [3.63, 3.8) is 0 Å². The van der Waals surface area contributed by atoms with E-state index in [-0.39, 0.29) is 0 Å². The van der Waals surface area contributed by atoms with Crippen LogP contribution in [-0.2, 0) is 4.74 Å². The summed E-state index contributed by atoms with van der Waals surface area (Å²) in [5, 5.41) is 10.4. The van der Waals surface area contributed by atoms with Gasteiger partial charge in [0.1, 0.15) is 17.5 Å². The molecule has 1 aromatic carbocycles. The van der Waals surface area contributed by atoms with Crippen molar-refractivity contribution in [3.8, 4) is 0 Å². The Balaban J connectivity index is 2.40. The van der Waals surface area contributed by atoms with Crippen LogP contribution in [0, 0.1) is 23.4 Å². The maximum absolute atomic E-state index is 13.8. The van der Waals surface area contributed by atoms with Gasteiger partial charge in [-0.2, -0.15) is 0 Å². The van der Waals surface area contributed by atoms with Gasteiger partial charge in [-0.05, 0) is 34.1 Å². The predicted octanol–water partition coefficient (Wildman–Crippen LogP) is 3.73. The number of ether oxygens (including phenoxy) is 1. The summed E-state index contributed by atoms with van der Waals surface area (Å²) in [6, 6.07) is 1.16. The molecular formula is C15H19F3O2. The SMILES string of the molecule is CC1(C)CC(C(O)c2c(F)cc(F)cc2F)C(C)(C)O1. The molecule has 0 amide bonds. The predicted molar refractivity (Wildman–Crippen MR) is 68.6 cm³/mol. The van der Waals surface area contributed by atoms with Crippen LogP contribution in [-0.4, -0.2) is 16.3 Å². The van der Waals surface area contributed by atoms with Crippen LogP contribution in [0.2, 0.25) is 0 Å². The van der Waals surface area contributed by atoms with Gasteiger partial charge in [0.15, 0.2) is 0 Å². The second-order valence-corrected chi connectivity index (χ2v) is 6.50. The van der Waals surface area contributed by atoms with Crippen LogP contribution >= 0.6 is 0 Å². The van der Waals surface area contributed by atoms with E-state index in [9.17, 15) is 18.3 Å². The normalized spacial score (nSPS) is 25.7. The van der Waals surface area contributed by atoms with E-state index < -0.39 is 46.2 Å². The highest BCUT2D eigenvalue weighted by atomic mass is 19.1. The standard InChI is InChI=1S/C15H19F3O2/c1-14(2)7-9(15(3,4)20-14)13(19)12-10(17)5-8(16)6-11(12)18/h5-6,9,13,19H,7H2,1-4H3. The fraction of sp³-hybridized carbons (Fsp3) is 0.600. The van der Waals surface area contributed by atoms with E-state index in [1.807, 2.05) is 13.8 Å². The van der Waals surface area contributed by atoms with Crippen LogP contribution in [0.1, 0.15) is 45.8 Å². The number of rotatable bonds is 2. The number of hydrogen-bond donors (Lipinski definition) is 1. The number of aliphatic hydroxyl groups is 1. The first-order valence-corrected chi connectivity index (χ1v) is 6.56. The van der Waals surface area contributed by atoms with Crippen molar-refractivity contribution in [2.24, 2.45) is 5.92 Å². The zero-order chi connectivity index (χ0) is 15.3. The van der Waals surface area contributed by atoms with Crippen molar-refractivity contribution >= 4 is 0 Å². The smallest absolute Gasteiger partial charge is 0.134 e. The number of aliphatic hydroxyl groups excluding tert-OH is 1. The highest BCUT2D eigenvalue weighted by Gasteiger charge is 2.50. The summed E-state index contributed by atoms with van der Waals surface area (Å²) in [5.41, 5.74) is -1.70. The molecule has 0 aliphatic carbocycles. The van der Waals surface area contributed by atoms with Crippen molar-refractivity contribution in [1.82, 2.24) is 0 Å². The molecular weight excluding hydrogens is 269 g/mol. The third kappa shape index (κ3) is 2.69. The molecule has 1 heterocycles. The second kappa shape index (κ2) is 4.74. The molecule has 0 aromatic heterocycles. The maximum Gasteiger partial charge on any atom is 0.134 e. The fourth-order valence-electron chi connectivity index (χ4n) is 3.13. The Labute approximate surface area is 116 Å². The van der Waals surface area contributed by atoms with Gasteiger partial charge < -0.3 is 9.84 Å². The first-order chi connectivity index (χ1) is 9.03. The molecule has 2 nitrogen and oxygen atoms in total. The van der Waals surface area contributed by atoms with E-state index in [0.717, 1.165) is 0 Å². The molecule has 0 radical (unpaired) electrons. The second-order valence-electron chi connectivity index (χ2n) is 6.50. The topological polar surface area (TPSA) is 29.5 Å².